The van der Waals surface area contributed by atoms with Crippen molar-refractivity contribution in [3.05, 3.63) is 63.7 Å². The summed E-state index contributed by atoms with van der Waals surface area (Å²) >= 11 is 6.37. The number of nitrogens with one attached hydrogen (secondary N) is 3. The number of nitrogens with zero attached hydrogens (tertiary/aromatic N) is 3. The number of hydrogen-bond acceptors (Lipinski definition) is 6. The van der Waals surface area contributed by atoms with E-state index >= 15 is 0 Å². The molecule has 2 aromatic carbocycles. The van der Waals surface area contributed by atoms with Crippen molar-refractivity contribution in [2.75, 3.05) is 32.5 Å². The zero-order chi connectivity index (χ0) is 27.3. The Morgan fingerprint density at radius 3 is 2.54 bits per heavy atom. The largest absolute Gasteiger partial charge is 0.444 e. The molecule has 3 amide bonds. The molecule has 3 N–H and O–H groups in total. The highest BCUT2D eigenvalue weighted by atomic mass is 35.5. The number of amides is 3. The molecule has 0 aliphatic rings. The number of ether oxygens (including phenoxy) is 1. The second kappa shape index (κ2) is 11.6. The zero-order valence-corrected chi connectivity index (χ0v) is 22.6. The van der Waals surface area contributed by atoms with Crippen LogP contribution in [0.15, 0.2) is 47.3 Å². The van der Waals surface area contributed by atoms with Crippen molar-refractivity contribution in [1.82, 2.24) is 25.1 Å². The van der Waals surface area contributed by atoms with Crippen LogP contribution in [-0.4, -0.2) is 59.4 Å². The van der Waals surface area contributed by atoms with Gasteiger partial charge in [-0.2, -0.15) is 0 Å². The smallest absolute Gasteiger partial charge is 0.408 e. The molecule has 1 atom stereocenters. The minimum atomic E-state index is -0.697. The van der Waals surface area contributed by atoms with Crippen molar-refractivity contribution in [3.63, 3.8) is 0 Å². The number of fused-ring (bicyclic) bond motifs is 1. The van der Waals surface area contributed by atoms with E-state index in [1.807, 2.05) is 19.0 Å². The molecule has 0 aliphatic heterocycles. The van der Waals surface area contributed by atoms with Crippen molar-refractivity contribution in [3.8, 4) is 5.69 Å². The second-order valence-corrected chi connectivity index (χ2v) is 10.3. The molecule has 0 saturated carbocycles. The summed E-state index contributed by atoms with van der Waals surface area (Å²) in [5.74, 6) is 0.276. The Balaban J connectivity index is 2.03. The van der Waals surface area contributed by atoms with E-state index in [2.05, 4.69) is 20.9 Å². The lowest BCUT2D eigenvalue weighted by Crippen LogP contribution is -2.37. The number of carbonyl (C=O) groups excluding carboxylic acids is 2. The molecular formula is C26H33ClN6O4. The molecule has 37 heavy (non-hydrogen) atoms. The number of rotatable bonds is 7. The van der Waals surface area contributed by atoms with Gasteiger partial charge in [-0.15, -0.1) is 0 Å². The maximum absolute atomic E-state index is 13.7. The van der Waals surface area contributed by atoms with E-state index in [4.69, 9.17) is 16.3 Å². The van der Waals surface area contributed by atoms with Crippen LogP contribution in [0.25, 0.3) is 16.6 Å². The molecule has 0 aliphatic carbocycles. The first kappa shape index (κ1) is 27.9. The Hall–Kier alpha value is -3.63. The van der Waals surface area contributed by atoms with Crippen LogP contribution in [0.1, 0.15) is 39.6 Å². The number of alkyl carbamates (subject to hydrolysis) is 1. The highest BCUT2D eigenvalue weighted by Crippen LogP contribution is 2.24. The molecule has 0 bridgehead atoms. The van der Waals surface area contributed by atoms with Crippen molar-refractivity contribution in [2.45, 2.75) is 39.3 Å². The van der Waals surface area contributed by atoms with Crippen LogP contribution in [0.5, 0.6) is 0 Å². The quantitative estimate of drug-likeness (QED) is 0.420. The fourth-order valence-corrected chi connectivity index (χ4v) is 3.84. The number of aromatic nitrogens is 2. The zero-order valence-electron chi connectivity index (χ0n) is 21.9. The standard InChI is InChI=1S/C26H33ClN6O4/c1-16(29-25(36)37-26(2,3)4)22-31-20-12-8-11-19(27)21(20)23(34)33(22)18-10-7-9-17(15-18)30-24(35)28-13-14-32(5)6/h7-12,15-16H,13-14H2,1-6H3,(H,29,36)(H2,28,30,35)/t16-/m0/s1. The molecule has 10 nitrogen and oxygen atoms in total. The van der Waals surface area contributed by atoms with E-state index in [0.717, 1.165) is 0 Å². The van der Waals surface area contributed by atoms with Gasteiger partial charge in [0.2, 0.25) is 0 Å². The molecule has 11 heteroatoms. The Labute approximate surface area is 221 Å². The average molecular weight is 529 g/mol. The van der Waals surface area contributed by atoms with Crippen LogP contribution in [0, 0.1) is 0 Å². The molecule has 0 spiro atoms. The van der Waals surface area contributed by atoms with E-state index in [1.54, 1.807) is 70.2 Å². The van der Waals surface area contributed by atoms with Gasteiger partial charge in [0.05, 0.1) is 27.7 Å². The lowest BCUT2D eigenvalue weighted by atomic mass is 10.2. The first-order valence-corrected chi connectivity index (χ1v) is 12.2. The van der Waals surface area contributed by atoms with Crippen LogP contribution in [0.2, 0.25) is 5.02 Å². The Bertz CT molecular complexity index is 1350. The molecule has 1 aromatic heterocycles. The normalized spacial score (nSPS) is 12.3. The Morgan fingerprint density at radius 2 is 1.86 bits per heavy atom. The molecule has 0 saturated heterocycles. The highest BCUT2D eigenvalue weighted by Gasteiger charge is 2.23. The molecule has 0 radical (unpaired) electrons. The van der Waals surface area contributed by atoms with Crippen LogP contribution in [-0.2, 0) is 4.74 Å². The van der Waals surface area contributed by atoms with Gasteiger partial charge in [0, 0.05) is 18.8 Å². The second-order valence-electron chi connectivity index (χ2n) is 9.85. The van der Waals surface area contributed by atoms with E-state index in [0.29, 0.717) is 30.0 Å². The summed E-state index contributed by atoms with van der Waals surface area (Å²) in [5, 5.41) is 8.82. The minimum Gasteiger partial charge on any atom is -0.444 e. The maximum Gasteiger partial charge on any atom is 0.408 e. The summed E-state index contributed by atoms with van der Waals surface area (Å²) in [6, 6.07) is 10.7. The van der Waals surface area contributed by atoms with Gasteiger partial charge in [-0.1, -0.05) is 23.7 Å². The summed E-state index contributed by atoms with van der Waals surface area (Å²) in [7, 11) is 3.84. The number of benzene rings is 2. The summed E-state index contributed by atoms with van der Waals surface area (Å²) in [5.41, 5.74) is 0.219. The molecule has 0 unspecified atom stereocenters. The molecule has 3 aromatic rings. The third kappa shape index (κ3) is 7.43. The van der Waals surface area contributed by atoms with Gasteiger partial charge in [-0.3, -0.25) is 9.36 Å². The van der Waals surface area contributed by atoms with Crippen LogP contribution < -0.4 is 21.5 Å². The van der Waals surface area contributed by atoms with Gasteiger partial charge in [0.1, 0.15) is 11.4 Å². The molecule has 3 rings (SSSR count). The minimum absolute atomic E-state index is 0.247. The van der Waals surface area contributed by atoms with Crippen LogP contribution in [0.4, 0.5) is 15.3 Å². The summed E-state index contributed by atoms with van der Waals surface area (Å²) in [6.45, 7) is 8.16. The SMILES string of the molecule is C[C@H](NC(=O)OC(C)(C)C)c1nc2cccc(Cl)c2c(=O)n1-c1cccc(NC(=O)NCCN(C)C)c1. The van der Waals surface area contributed by atoms with Gasteiger partial charge in [-0.25, -0.2) is 14.6 Å². The predicted molar refractivity (Wildman–Crippen MR) is 146 cm³/mol. The van der Waals surface area contributed by atoms with Crippen molar-refractivity contribution < 1.29 is 14.3 Å². The highest BCUT2D eigenvalue weighted by molar-refractivity contribution is 6.35. The van der Waals surface area contributed by atoms with Gasteiger partial charge in [-0.05, 0) is 72.1 Å². The van der Waals surface area contributed by atoms with E-state index in [-0.39, 0.29) is 22.3 Å². The summed E-state index contributed by atoms with van der Waals surface area (Å²) < 4.78 is 6.76. The first-order chi connectivity index (χ1) is 17.4. The number of halogens is 1. The lowest BCUT2D eigenvalue weighted by molar-refractivity contribution is 0.0505. The van der Waals surface area contributed by atoms with E-state index in [1.165, 1.54) is 4.57 Å². The number of likely N-dealkylation sites (N-methyl/N-ethyl adjacent to an activating group) is 1. The number of hydrogen-bond donors (Lipinski definition) is 3. The number of anilines is 1. The number of carbonyl (C=O) groups is 2. The third-order valence-electron chi connectivity index (χ3n) is 5.20. The van der Waals surface area contributed by atoms with Crippen molar-refractivity contribution in [1.29, 1.82) is 0 Å². The van der Waals surface area contributed by atoms with Crippen LogP contribution in [0.3, 0.4) is 0 Å². The van der Waals surface area contributed by atoms with Gasteiger partial charge in [0.15, 0.2) is 0 Å². The first-order valence-electron chi connectivity index (χ1n) is 11.9. The summed E-state index contributed by atoms with van der Waals surface area (Å²) in [6.07, 6.45) is -0.642. The molecule has 1 heterocycles. The fraction of sp³-hybridized carbons (Fsp3) is 0.385. The average Bonchev–Trinajstić information content (AvgIpc) is 2.77. The van der Waals surface area contributed by atoms with E-state index in [9.17, 15) is 14.4 Å². The predicted octanol–water partition coefficient (Wildman–Crippen LogP) is 4.31. The maximum atomic E-state index is 13.7. The third-order valence-corrected chi connectivity index (χ3v) is 5.51. The van der Waals surface area contributed by atoms with Crippen molar-refractivity contribution >= 4 is 40.3 Å². The molecule has 198 valence electrons. The van der Waals surface area contributed by atoms with Gasteiger partial charge >= 0.3 is 12.1 Å². The topological polar surface area (TPSA) is 118 Å². The lowest BCUT2D eigenvalue weighted by Gasteiger charge is -2.23. The summed E-state index contributed by atoms with van der Waals surface area (Å²) in [4.78, 5) is 45.2. The number of urea groups is 1. The van der Waals surface area contributed by atoms with Gasteiger partial charge in [0.25, 0.3) is 5.56 Å². The Kier molecular flexibility index (Phi) is 8.77. The fourth-order valence-electron chi connectivity index (χ4n) is 3.59. The van der Waals surface area contributed by atoms with Crippen molar-refractivity contribution in [2.24, 2.45) is 0 Å². The monoisotopic (exact) mass is 528 g/mol. The molecule has 0 fully saturated rings. The van der Waals surface area contributed by atoms with Crippen LogP contribution >= 0.6 is 11.6 Å². The van der Waals surface area contributed by atoms with Gasteiger partial charge < -0.3 is 25.6 Å². The van der Waals surface area contributed by atoms with E-state index < -0.39 is 23.3 Å². The molecular weight excluding hydrogens is 496 g/mol. The Morgan fingerprint density at radius 1 is 1.16 bits per heavy atom.